The Morgan fingerprint density at radius 3 is 2.72 bits per heavy atom. The smallest absolute Gasteiger partial charge is 0.0216 e. The van der Waals surface area contributed by atoms with Crippen molar-refractivity contribution in [2.75, 3.05) is 12.3 Å². The summed E-state index contributed by atoms with van der Waals surface area (Å²) in [6.07, 6.45) is 2.58. The lowest BCUT2D eigenvalue weighted by molar-refractivity contribution is 0.550. The Hall–Kier alpha value is -0.470. The number of benzene rings is 1. The highest BCUT2D eigenvalue weighted by Gasteiger charge is 2.04. The van der Waals surface area contributed by atoms with Gasteiger partial charge in [-0.1, -0.05) is 44.9 Å². The Bertz CT molecular complexity index is 347. The maximum atomic E-state index is 3.55. The summed E-state index contributed by atoms with van der Waals surface area (Å²) in [7, 11) is 0. The van der Waals surface area contributed by atoms with Crippen LogP contribution >= 0.6 is 11.8 Å². The van der Waals surface area contributed by atoms with Crippen LogP contribution in [0.15, 0.2) is 23.1 Å². The molecule has 18 heavy (non-hydrogen) atoms. The zero-order valence-corrected chi connectivity index (χ0v) is 13.1. The molecule has 1 N–H and O–H groups in total. The molecule has 0 amide bonds. The predicted molar refractivity (Wildman–Crippen MR) is 83.4 cm³/mol. The summed E-state index contributed by atoms with van der Waals surface area (Å²) in [5.74, 6) is 1.95. The minimum absolute atomic E-state index is 0.714. The lowest BCUT2D eigenvalue weighted by Gasteiger charge is -2.12. The van der Waals surface area contributed by atoms with E-state index in [0.717, 1.165) is 13.1 Å². The SMILES string of the molecule is CCCCSc1ccc(C)cc1CNCC(C)C. The van der Waals surface area contributed by atoms with Gasteiger partial charge in [0.15, 0.2) is 0 Å². The van der Waals surface area contributed by atoms with E-state index >= 15 is 0 Å². The van der Waals surface area contributed by atoms with E-state index in [9.17, 15) is 0 Å². The fourth-order valence-electron chi connectivity index (χ4n) is 1.81. The molecule has 0 spiro atoms. The van der Waals surface area contributed by atoms with Gasteiger partial charge < -0.3 is 5.32 Å². The Morgan fingerprint density at radius 1 is 1.28 bits per heavy atom. The molecule has 102 valence electrons. The second-order valence-electron chi connectivity index (χ2n) is 5.34. The monoisotopic (exact) mass is 265 g/mol. The predicted octanol–water partition coefficient (Wildman–Crippen LogP) is 4.63. The molecule has 0 aromatic heterocycles. The van der Waals surface area contributed by atoms with Gasteiger partial charge in [-0.15, -0.1) is 11.8 Å². The third kappa shape index (κ3) is 5.92. The molecule has 1 aromatic rings. The van der Waals surface area contributed by atoms with Crippen LogP contribution in [0, 0.1) is 12.8 Å². The molecule has 1 aromatic carbocycles. The van der Waals surface area contributed by atoms with E-state index in [1.807, 2.05) is 11.8 Å². The Morgan fingerprint density at radius 2 is 2.06 bits per heavy atom. The van der Waals surface area contributed by atoms with Crippen LogP contribution in [0.4, 0.5) is 0 Å². The summed E-state index contributed by atoms with van der Waals surface area (Å²) >= 11 is 2.00. The van der Waals surface area contributed by atoms with Crippen LogP contribution in [0.5, 0.6) is 0 Å². The van der Waals surface area contributed by atoms with E-state index in [1.54, 1.807) is 0 Å². The maximum absolute atomic E-state index is 3.55. The van der Waals surface area contributed by atoms with Crippen LogP contribution in [-0.4, -0.2) is 12.3 Å². The molecule has 0 unspecified atom stereocenters. The quantitative estimate of drug-likeness (QED) is 0.543. The van der Waals surface area contributed by atoms with Gasteiger partial charge in [-0.3, -0.25) is 0 Å². The van der Waals surface area contributed by atoms with Gasteiger partial charge in [0.25, 0.3) is 0 Å². The van der Waals surface area contributed by atoms with Crippen LogP contribution in [0.25, 0.3) is 0 Å². The first kappa shape index (κ1) is 15.6. The highest BCUT2D eigenvalue weighted by molar-refractivity contribution is 7.99. The second-order valence-corrected chi connectivity index (χ2v) is 6.47. The fourth-order valence-corrected chi connectivity index (χ4v) is 2.94. The first-order chi connectivity index (χ1) is 8.63. The van der Waals surface area contributed by atoms with E-state index in [4.69, 9.17) is 0 Å². The molecular formula is C16H27NS. The number of rotatable bonds is 8. The maximum Gasteiger partial charge on any atom is 0.0216 e. The number of hydrogen-bond acceptors (Lipinski definition) is 2. The standard InChI is InChI=1S/C16H27NS/c1-5-6-9-18-16-8-7-14(4)10-15(16)12-17-11-13(2)3/h7-8,10,13,17H,5-6,9,11-12H2,1-4H3. The van der Waals surface area contributed by atoms with Crippen molar-refractivity contribution in [2.24, 2.45) is 5.92 Å². The molecule has 0 saturated heterocycles. The van der Waals surface area contributed by atoms with Crippen LogP contribution in [-0.2, 0) is 6.54 Å². The van der Waals surface area contributed by atoms with Crippen molar-refractivity contribution in [1.82, 2.24) is 5.32 Å². The van der Waals surface area contributed by atoms with Crippen molar-refractivity contribution < 1.29 is 0 Å². The zero-order chi connectivity index (χ0) is 13.4. The third-order valence-electron chi connectivity index (χ3n) is 2.84. The van der Waals surface area contributed by atoms with Crippen molar-refractivity contribution in [3.05, 3.63) is 29.3 Å². The minimum Gasteiger partial charge on any atom is -0.312 e. The van der Waals surface area contributed by atoms with Crippen LogP contribution in [0.1, 0.15) is 44.7 Å². The average molecular weight is 265 g/mol. The van der Waals surface area contributed by atoms with Gasteiger partial charge in [-0.05, 0) is 43.2 Å². The van der Waals surface area contributed by atoms with Crippen molar-refractivity contribution in [2.45, 2.75) is 52.0 Å². The highest BCUT2D eigenvalue weighted by Crippen LogP contribution is 2.24. The molecule has 0 heterocycles. The van der Waals surface area contributed by atoms with Crippen LogP contribution in [0.2, 0.25) is 0 Å². The molecule has 2 heteroatoms. The lowest BCUT2D eigenvalue weighted by Crippen LogP contribution is -2.19. The summed E-state index contributed by atoms with van der Waals surface area (Å²) in [6, 6.07) is 6.82. The topological polar surface area (TPSA) is 12.0 Å². The second kappa shape index (κ2) is 8.60. The van der Waals surface area contributed by atoms with Crippen molar-refractivity contribution >= 4 is 11.8 Å². The highest BCUT2D eigenvalue weighted by atomic mass is 32.2. The zero-order valence-electron chi connectivity index (χ0n) is 12.3. The first-order valence-electron chi connectivity index (χ1n) is 7.06. The normalized spacial score (nSPS) is 11.2. The molecule has 0 aliphatic carbocycles. The molecule has 0 aliphatic rings. The molecular weight excluding hydrogens is 238 g/mol. The number of hydrogen-bond donors (Lipinski definition) is 1. The van der Waals surface area contributed by atoms with Gasteiger partial charge in [-0.2, -0.15) is 0 Å². The molecule has 0 saturated carbocycles. The average Bonchev–Trinajstić information content (AvgIpc) is 2.31. The number of thioether (sulfide) groups is 1. The van der Waals surface area contributed by atoms with Gasteiger partial charge in [-0.25, -0.2) is 0 Å². The number of nitrogens with one attached hydrogen (secondary N) is 1. The summed E-state index contributed by atoms with van der Waals surface area (Å²) in [5, 5.41) is 3.55. The van der Waals surface area contributed by atoms with E-state index in [2.05, 4.69) is 51.2 Å². The number of unbranched alkanes of at least 4 members (excludes halogenated alkanes) is 1. The van der Waals surface area contributed by atoms with Crippen LogP contribution in [0.3, 0.4) is 0 Å². The summed E-state index contributed by atoms with van der Waals surface area (Å²) in [6.45, 7) is 11.0. The Balaban J connectivity index is 2.58. The molecule has 1 nitrogen and oxygen atoms in total. The number of aryl methyl sites for hydroxylation is 1. The van der Waals surface area contributed by atoms with Gasteiger partial charge in [0, 0.05) is 11.4 Å². The minimum atomic E-state index is 0.714. The van der Waals surface area contributed by atoms with Gasteiger partial charge in [0.1, 0.15) is 0 Å². The molecule has 1 rings (SSSR count). The van der Waals surface area contributed by atoms with Crippen molar-refractivity contribution in [1.29, 1.82) is 0 Å². The van der Waals surface area contributed by atoms with E-state index in [-0.39, 0.29) is 0 Å². The lowest BCUT2D eigenvalue weighted by atomic mass is 10.1. The molecule has 0 fully saturated rings. The summed E-state index contributed by atoms with van der Waals surface area (Å²) in [5.41, 5.74) is 2.81. The molecule has 0 atom stereocenters. The molecule has 0 aliphatic heterocycles. The fraction of sp³-hybridized carbons (Fsp3) is 0.625. The summed E-state index contributed by atoms with van der Waals surface area (Å²) in [4.78, 5) is 1.45. The van der Waals surface area contributed by atoms with Gasteiger partial charge in [0.05, 0.1) is 0 Å². The van der Waals surface area contributed by atoms with Crippen LogP contribution < -0.4 is 5.32 Å². The van der Waals surface area contributed by atoms with Crippen molar-refractivity contribution in [3.8, 4) is 0 Å². The third-order valence-corrected chi connectivity index (χ3v) is 4.04. The molecule has 0 radical (unpaired) electrons. The Kier molecular flexibility index (Phi) is 7.45. The van der Waals surface area contributed by atoms with E-state index in [0.29, 0.717) is 5.92 Å². The van der Waals surface area contributed by atoms with Gasteiger partial charge in [0.2, 0.25) is 0 Å². The van der Waals surface area contributed by atoms with E-state index < -0.39 is 0 Å². The van der Waals surface area contributed by atoms with Crippen molar-refractivity contribution in [3.63, 3.8) is 0 Å². The first-order valence-corrected chi connectivity index (χ1v) is 8.05. The Labute approximate surface area is 117 Å². The molecule has 0 bridgehead atoms. The largest absolute Gasteiger partial charge is 0.312 e. The summed E-state index contributed by atoms with van der Waals surface area (Å²) < 4.78 is 0. The van der Waals surface area contributed by atoms with Gasteiger partial charge >= 0.3 is 0 Å². The van der Waals surface area contributed by atoms with E-state index in [1.165, 1.54) is 34.6 Å².